The van der Waals surface area contributed by atoms with Gasteiger partial charge in [0.15, 0.2) is 0 Å². The summed E-state index contributed by atoms with van der Waals surface area (Å²) in [4.78, 5) is 13.3. The van der Waals surface area contributed by atoms with Crippen LogP contribution >= 0.6 is 0 Å². The van der Waals surface area contributed by atoms with Crippen LogP contribution in [-0.4, -0.2) is 47.9 Å². The zero-order chi connectivity index (χ0) is 14.0. The minimum absolute atomic E-state index is 0.230. The van der Waals surface area contributed by atoms with Crippen molar-refractivity contribution in [1.82, 2.24) is 9.97 Å². The van der Waals surface area contributed by atoms with Gasteiger partial charge in [0.25, 0.3) is 0 Å². The Hall–Kier alpha value is -1.36. The largest absolute Gasteiger partial charge is 0.391 e. The second-order valence-corrected chi connectivity index (χ2v) is 5.79. The van der Waals surface area contributed by atoms with Crippen molar-refractivity contribution in [3.63, 3.8) is 0 Å². The first-order valence-electron chi connectivity index (χ1n) is 6.95. The van der Waals surface area contributed by atoms with Gasteiger partial charge < -0.3 is 14.9 Å². The molecule has 1 N–H and O–H groups in total. The summed E-state index contributed by atoms with van der Waals surface area (Å²) in [6.45, 7) is 8.82. The molecule has 0 radical (unpaired) electrons. The lowest BCUT2D eigenvalue weighted by Crippen LogP contribution is -2.26. The highest BCUT2D eigenvalue weighted by Gasteiger charge is 2.22. The van der Waals surface area contributed by atoms with Crippen LogP contribution in [0.4, 0.5) is 11.6 Å². The summed E-state index contributed by atoms with van der Waals surface area (Å²) in [5.74, 6) is 3.26. The standard InChI is InChI=1S/C14H24N4O/c1-10(2)8-17(4)13-7-14(16-11(3)15-13)18-6-5-12(19)9-18/h7,10,12,19H,5-6,8-9H2,1-4H3. The Morgan fingerprint density at radius 3 is 2.79 bits per heavy atom. The number of aliphatic hydroxyl groups is 1. The Morgan fingerprint density at radius 2 is 2.21 bits per heavy atom. The average Bonchev–Trinajstić information content (AvgIpc) is 2.74. The van der Waals surface area contributed by atoms with Crippen molar-refractivity contribution in [2.75, 3.05) is 36.5 Å². The van der Waals surface area contributed by atoms with Crippen LogP contribution in [0, 0.1) is 12.8 Å². The lowest BCUT2D eigenvalue weighted by Gasteiger charge is -2.23. The molecule has 2 heterocycles. The number of aryl methyl sites for hydroxylation is 1. The van der Waals surface area contributed by atoms with Gasteiger partial charge in [0, 0.05) is 32.7 Å². The Kier molecular flexibility index (Phi) is 4.24. The average molecular weight is 264 g/mol. The first-order valence-corrected chi connectivity index (χ1v) is 6.95. The maximum atomic E-state index is 9.63. The van der Waals surface area contributed by atoms with Gasteiger partial charge in [-0.25, -0.2) is 9.97 Å². The molecule has 1 atom stereocenters. The molecular formula is C14H24N4O. The topological polar surface area (TPSA) is 52.5 Å². The molecule has 1 aromatic heterocycles. The number of aliphatic hydroxyl groups excluding tert-OH is 1. The van der Waals surface area contributed by atoms with E-state index in [0.717, 1.165) is 37.0 Å². The molecule has 0 amide bonds. The molecule has 0 spiro atoms. The predicted octanol–water partition coefficient (Wildman–Crippen LogP) is 1.45. The first kappa shape index (κ1) is 14.1. The van der Waals surface area contributed by atoms with Crippen LogP contribution in [0.25, 0.3) is 0 Å². The van der Waals surface area contributed by atoms with Crippen LogP contribution < -0.4 is 9.80 Å². The van der Waals surface area contributed by atoms with Crippen LogP contribution in [0.5, 0.6) is 0 Å². The number of β-amino-alcohol motifs (C(OH)–C–C–N with tert-alkyl or cyclic N) is 1. The molecule has 1 aliphatic rings. The fraction of sp³-hybridized carbons (Fsp3) is 0.714. The molecule has 5 heteroatoms. The lowest BCUT2D eigenvalue weighted by atomic mass is 10.2. The second-order valence-electron chi connectivity index (χ2n) is 5.79. The molecule has 1 aliphatic heterocycles. The minimum Gasteiger partial charge on any atom is -0.391 e. The molecule has 2 rings (SSSR count). The number of aromatic nitrogens is 2. The van der Waals surface area contributed by atoms with Gasteiger partial charge in [0.05, 0.1) is 6.10 Å². The van der Waals surface area contributed by atoms with E-state index in [1.54, 1.807) is 0 Å². The number of hydrogen-bond donors (Lipinski definition) is 1. The van der Waals surface area contributed by atoms with E-state index in [0.29, 0.717) is 12.5 Å². The van der Waals surface area contributed by atoms with E-state index in [2.05, 4.69) is 40.7 Å². The third-order valence-electron chi connectivity index (χ3n) is 3.33. The molecule has 1 fully saturated rings. The van der Waals surface area contributed by atoms with Crippen LogP contribution in [0.1, 0.15) is 26.1 Å². The molecular weight excluding hydrogens is 240 g/mol. The quantitative estimate of drug-likeness (QED) is 0.892. The van der Waals surface area contributed by atoms with Gasteiger partial charge in [0.2, 0.25) is 0 Å². The van der Waals surface area contributed by atoms with Gasteiger partial charge in [-0.2, -0.15) is 0 Å². The van der Waals surface area contributed by atoms with Gasteiger partial charge in [-0.15, -0.1) is 0 Å². The molecule has 5 nitrogen and oxygen atoms in total. The number of rotatable bonds is 4. The van der Waals surface area contributed by atoms with E-state index in [4.69, 9.17) is 0 Å². The smallest absolute Gasteiger partial charge is 0.134 e. The molecule has 0 aliphatic carbocycles. The van der Waals surface area contributed by atoms with Gasteiger partial charge in [0.1, 0.15) is 17.5 Å². The van der Waals surface area contributed by atoms with E-state index in [9.17, 15) is 5.11 Å². The predicted molar refractivity (Wildman–Crippen MR) is 77.7 cm³/mol. The Labute approximate surface area is 115 Å². The summed E-state index contributed by atoms with van der Waals surface area (Å²) in [7, 11) is 2.06. The van der Waals surface area contributed by atoms with Crippen LogP contribution in [-0.2, 0) is 0 Å². The monoisotopic (exact) mass is 264 g/mol. The highest BCUT2D eigenvalue weighted by molar-refractivity contribution is 5.51. The van der Waals surface area contributed by atoms with Gasteiger partial charge in [-0.1, -0.05) is 13.8 Å². The highest BCUT2D eigenvalue weighted by Crippen LogP contribution is 2.22. The first-order chi connectivity index (χ1) is 8.95. The van der Waals surface area contributed by atoms with E-state index in [1.165, 1.54) is 0 Å². The second kappa shape index (κ2) is 5.74. The van der Waals surface area contributed by atoms with Crippen molar-refractivity contribution in [1.29, 1.82) is 0 Å². The summed E-state index contributed by atoms with van der Waals surface area (Å²) in [6.07, 6.45) is 0.590. The summed E-state index contributed by atoms with van der Waals surface area (Å²) in [5, 5.41) is 9.63. The Bertz CT molecular complexity index is 435. The molecule has 106 valence electrons. The molecule has 0 aromatic carbocycles. The molecule has 1 saturated heterocycles. The fourth-order valence-corrected chi connectivity index (χ4v) is 2.49. The minimum atomic E-state index is -0.230. The Balaban J connectivity index is 2.19. The SMILES string of the molecule is Cc1nc(N(C)CC(C)C)cc(N2CCC(O)C2)n1. The summed E-state index contributed by atoms with van der Waals surface area (Å²) in [6, 6.07) is 2.02. The van der Waals surface area contributed by atoms with Gasteiger partial charge in [-0.05, 0) is 19.3 Å². The van der Waals surface area contributed by atoms with Crippen LogP contribution in [0.15, 0.2) is 6.07 Å². The summed E-state index contributed by atoms with van der Waals surface area (Å²) < 4.78 is 0. The lowest BCUT2D eigenvalue weighted by molar-refractivity contribution is 0.198. The Morgan fingerprint density at radius 1 is 1.47 bits per heavy atom. The molecule has 0 saturated carbocycles. The normalized spacial score (nSPS) is 19.3. The van der Waals surface area contributed by atoms with Crippen LogP contribution in [0.2, 0.25) is 0 Å². The van der Waals surface area contributed by atoms with Crippen molar-refractivity contribution >= 4 is 11.6 Å². The van der Waals surface area contributed by atoms with Gasteiger partial charge in [-0.3, -0.25) is 0 Å². The maximum Gasteiger partial charge on any atom is 0.134 e. The zero-order valence-corrected chi connectivity index (χ0v) is 12.3. The number of anilines is 2. The van der Waals surface area contributed by atoms with E-state index in [1.807, 2.05) is 13.0 Å². The van der Waals surface area contributed by atoms with Crippen molar-refractivity contribution in [2.24, 2.45) is 5.92 Å². The maximum absolute atomic E-state index is 9.63. The molecule has 1 unspecified atom stereocenters. The summed E-state index contributed by atoms with van der Waals surface area (Å²) >= 11 is 0. The third kappa shape index (κ3) is 3.56. The van der Waals surface area contributed by atoms with Crippen molar-refractivity contribution in [2.45, 2.75) is 33.3 Å². The van der Waals surface area contributed by atoms with Crippen molar-refractivity contribution < 1.29 is 5.11 Å². The van der Waals surface area contributed by atoms with E-state index >= 15 is 0 Å². The van der Waals surface area contributed by atoms with Crippen molar-refractivity contribution in [3.05, 3.63) is 11.9 Å². The third-order valence-corrected chi connectivity index (χ3v) is 3.33. The van der Waals surface area contributed by atoms with Crippen molar-refractivity contribution in [3.8, 4) is 0 Å². The fourth-order valence-electron chi connectivity index (χ4n) is 2.49. The highest BCUT2D eigenvalue weighted by atomic mass is 16.3. The van der Waals surface area contributed by atoms with E-state index in [-0.39, 0.29) is 6.10 Å². The summed E-state index contributed by atoms with van der Waals surface area (Å²) in [5.41, 5.74) is 0. The molecule has 19 heavy (non-hydrogen) atoms. The number of nitrogens with zero attached hydrogens (tertiary/aromatic N) is 4. The van der Waals surface area contributed by atoms with Gasteiger partial charge >= 0.3 is 0 Å². The van der Waals surface area contributed by atoms with E-state index < -0.39 is 0 Å². The van der Waals surface area contributed by atoms with Crippen LogP contribution in [0.3, 0.4) is 0 Å². The zero-order valence-electron chi connectivity index (χ0n) is 12.3. The number of hydrogen-bond acceptors (Lipinski definition) is 5. The molecule has 0 bridgehead atoms. The molecule has 1 aromatic rings.